The molecule has 0 aromatic carbocycles. The van der Waals surface area contributed by atoms with Crippen LogP contribution in [0, 0.1) is 17.8 Å². The second-order valence-electron chi connectivity index (χ2n) is 8.70. The van der Waals surface area contributed by atoms with Crippen molar-refractivity contribution in [1.29, 1.82) is 0 Å². The summed E-state index contributed by atoms with van der Waals surface area (Å²) >= 11 is 0. The SMILES string of the molecule is Cn1c(N2CCC(CC(=O)N3CC4CCCC4C3)CC2)nc2cccnc21. The topological polar surface area (TPSA) is 54.3 Å². The molecule has 4 heterocycles. The van der Waals surface area contributed by atoms with Gasteiger partial charge >= 0.3 is 0 Å². The van der Waals surface area contributed by atoms with Crippen LogP contribution in [0.4, 0.5) is 5.95 Å². The largest absolute Gasteiger partial charge is 0.342 e. The number of aromatic nitrogens is 3. The van der Waals surface area contributed by atoms with Crippen molar-refractivity contribution in [1.82, 2.24) is 19.4 Å². The van der Waals surface area contributed by atoms with Gasteiger partial charge in [-0.25, -0.2) is 9.97 Å². The summed E-state index contributed by atoms with van der Waals surface area (Å²) in [6.45, 7) is 3.99. The monoisotopic (exact) mass is 367 g/mol. The number of pyridine rings is 1. The predicted molar refractivity (Wildman–Crippen MR) is 105 cm³/mol. The molecule has 5 rings (SSSR count). The number of rotatable bonds is 3. The van der Waals surface area contributed by atoms with E-state index in [1.165, 1.54) is 19.3 Å². The third-order valence-electron chi connectivity index (χ3n) is 7.04. The van der Waals surface area contributed by atoms with Gasteiger partial charge in [0.2, 0.25) is 11.9 Å². The van der Waals surface area contributed by atoms with E-state index in [1.807, 2.05) is 25.4 Å². The second-order valence-corrected chi connectivity index (χ2v) is 8.70. The summed E-state index contributed by atoms with van der Waals surface area (Å²) in [4.78, 5) is 26.5. The fourth-order valence-corrected chi connectivity index (χ4v) is 5.45. The molecule has 6 nitrogen and oxygen atoms in total. The van der Waals surface area contributed by atoms with Crippen molar-refractivity contribution >= 4 is 23.0 Å². The number of anilines is 1. The highest BCUT2D eigenvalue weighted by Gasteiger charge is 2.38. The lowest BCUT2D eigenvalue weighted by molar-refractivity contribution is -0.131. The van der Waals surface area contributed by atoms with Crippen molar-refractivity contribution in [3.05, 3.63) is 18.3 Å². The lowest BCUT2D eigenvalue weighted by atomic mass is 9.93. The fraction of sp³-hybridized carbons (Fsp3) is 0.667. The summed E-state index contributed by atoms with van der Waals surface area (Å²) in [7, 11) is 2.04. The van der Waals surface area contributed by atoms with Gasteiger partial charge in [0.1, 0.15) is 5.52 Å². The maximum absolute atomic E-state index is 12.8. The molecule has 0 bridgehead atoms. The molecule has 2 atom stereocenters. The Kier molecular flexibility index (Phi) is 4.29. The molecule has 3 fully saturated rings. The van der Waals surface area contributed by atoms with Crippen LogP contribution in [0.2, 0.25) is 0 Å². The van der Waals surface area contributed by atoms with Gasteiger partial charge < -0.3 is 9.80 Å². The molecule has 1 aliphatic carbocycles. The quantitative estimate of drug-likeness (QED) is 0.837. The Hall–Kier alpha value is -2.11. The van der Waals surface area contributed by atoms with Crippen LogP contribution in [0.1, 0.15) is 38.5 Å². The average Bonchev–Trinajstić information content (AvgIpc) is 3.36. The number of imidazole rings is 1. The van der Waals surface area contributed by atoms with Gasteiger partial charge in [0.15, 0.2) is 5.65 Å². The van der Waals surface area contributed by atoms with E-state index in [0.29, 0.717) is 11.8 Å². The first-order chi connectivity index (χ1) is 13.2. The summed E-state index contributed by atoms with van der Waals surface area (Å²) in [6, 6.07) is 3.95. The number of aryl methyl sites for hydroxylation is 1. The van der Waals surface area contributed by atoms with E-state index in [1.54, 1.807) is 0 Å². The van der Waals surface area contributed by atoms with Crippen LogP contribution in [0.5, 0.6) is 0 Å². The summed E-state index contributed by atoms with van der Waals surface area (Å²) in [5.74, 6) is 3.50. The maximum atomic E-state index is 12.8. The Morgan fingerprint density at radius 3 is 2.59 bits per heavy atom. The Bertz CT molecular complexity index is 826. The molecule has 2 aliphatic heterocycles. The first-order valence-electron chi connectivity index (χ1n) is 10.5. The van der Waals surface area contributed by atoms with E-state index >= 15 is 0 Å². The zero-order valence-electron chi connectivity index (χ0n) is 16.2. The van der Waals surface area contributed by atoms with Gasteiger partial charge in [0.25, 0.3) is 0 Å². The predicted octanol–water partition coefficient (Wildman–Crippen LogP) is 2.83. The van der Waals surface area contributed by atoms with Crippen molar-refractivity contribution in [3.8, 4) is 0 Å². The molecule has 0 N–H and O–H groups in total. The van der Waals surface area contributed by atoms with Crippen molar-refractivity contribution < 1.29 is 4.79 Å². The lowest BCUT2D eigenvalue weighted by Gasteiger charge is -2.33. The van der Waals surface area contributed by atoms with Gasteiger partial charge in [0.05, 0.1) is 0 Å². The number of likely N-dealkylation sites (tertiary alicyclic amines) is 1. The molecular formula is C21H29N5O. The molecule has 2 aromatic rings. The Morgan fingerprint density at radius 2 is 1.89 bits per heavy atom. The third-order valence-corrected chi connectivity index (χ3v) is 7.04. The van der Waals surface area contributed by atoms with E-state index < -0.39 is 0 Å². The van der Waals surface area contributed by atoms with Gasteiger partial charge in [-0.05, 0) is 55.6 Å². The van der Waals surface area contributed by atoms with Gasteiger partial charge in [-0.3, -0.25) is 9.36 Å². The van der Waals surface area contributed by atoms with Crippen LogP contribution < -0.4 is 4.90 Å². The van der Waals surface area contributed by atoms with Crippen LogP contribution in [0.25, 0.3) is 11.2 Å². The van der Waals surface area contributed by atoms with E-state index in [-0.39, 0.29) is 0 Å². The van der Waals surface area contributed by atoms with Crippen LogP contribution in [0.15, 0.2) is 18.3 Å². The number of carbonyl (C=O) groups is 1. The Labute approximate surface area is 160 Å². The molecule has 144 valence electrons. The summed E-state index contributed by atoms with van der Waals surface area (Å²) in [6.07, 6.45) is 8.73. The number of hydrogen-bond donors (Lipinski definition) is 0. The van der Waals surface area contributed by atoms with Crippen molar-refractivity contribution in [3.63, 3.8) is 0 Å². The molecule has 27 heavy (non-hydrogen) atoms. The van der Waals surface area contributed by atoms with Gasteiger partial charge in [-0.2, -0.15) is 0 Å². The van der Waals surface area contributed by atoms with Gasteiger partial charge in [-0.1, -0.05) is 6.42 Å². The van der Waals surface area contributed by atoms with Gasteiger partial charge in [0, 0.05) is 45.8 Å². The molecule has 3 aliphatic rings. The first kappa shape index (κ1) is 17.0. The Morgan fingerprint density at radius 1 is 1.15 bits per heavy atom. The van der Waals surface area contributed by atoms with E-state index in [4.69, 9.17) is 4.98 Å². The first-order valence-corrected chi connectivity index (χ1v) is 10.5. The number of hydrogen-bond acceptors (Lipinski definition) is 4. The highest BCUT2D eigenvalue weighted by molar-refractivity contribution is 5.77. The second kappa shape index (κ2) is 6.80. The molecule has 1 saturated carbocycles. The number of amides is 1. The summed E-state index contributed by atoms with van der Waals surface area (Å²) in [5.41, 5.74) is 1.89. The lowest BCUT2D eigenvalue weighted by Crippen LogP contribution is -2.38. The average molecular weight is 367 g/mol. The maximum Gasteiger partial charge on any atom is 0.222 e. The summed E-state index contributed by atoms with van der Waals surface area (Å²) in [5, 5.41) is 0. The van der Waals surface area contributed by atoms with Gasteiger partial charge in [-0.15, -0.1) is 0 Å². The summed E-state index contributed by atoms with van der Waals surface area (Å²) < 4.78 is 2.09. The van der Waals surface area contributed by atoms with Crippen LogP contribution in [-0.4, -0.2) is 51.5 Å². The molecule has 6 heteroatoms. The third kappa shape index (κ3) is 3.09. The zero-order valence-corrected chi connectivity index (χ0v) is 16.2. The Balaban J connectivity index is 1.18. The number of fused-ring (bicyclic) bond motifs is 2. The fourth-order valence-electron chi connectivity index (χ4n) is 5.45. The highest BCUT2D eigenvalue weighted by atomic mass is 16.2. The molecule has 2 aromatic heterocycles. The van der Waals surface area contributed by atoms with Crippen molar-refractivity contribution in [2.45, 2.75) is 38.5 Å². The normalized spacial score (nSPS) is 26.1. The molecule has 0 radical (unpaired) electrons. The van der Waals surface area contributed by atoms with E-state index in [0.717, 1.165) is 74.4 Å². The van der Waals surface area contributed by atoms with E-state index in [9.17, 15) is 4.79 Å². The zero-order chi connectivity index (χ0) is 18.4. The number of nitrogens with zero attached hydrogens (tertiary/aromatic N) is 5. The van der Waals surface area contributed by atoms with Crippen molar-refractivity contribution in [2.75, 3.05) is 31.1 Å². The van der Waals surface area contributed by atoms with Crippen LogP contribution in [-0.2, 0) is 11.8 Å². The standard InChI is InChI=1S/C21H29N5O/c1-24-20-18(6-3-9-22-20)23-21(24)25-10-7-15(8-11-25)12-19(27)26-13-16-4-2-5-17(16)14-26/h3,6,9,15-17H,2,4-5,7-8,10-14H2,1H3. The molecule has 2 saturated heterocycles. The molecular weight excluding hydrogens is 338 g/mol. The minimum absolute atomic E-state index is 0.398. The highest BCUT2D eigenvalue weighted by Crippen LogP contribution is 2.38. The van der Waals surface area contributed by atoms with Crippen LogP contribution in [0.3, 0.4) is 0 Å². The van der Waals surface area contributed by atoms with Crippen LogP contribution >= 0.6 is 0 Å². The number of carbonyl (C=O) groups excluding carboxylic acids is 1. The number of piperidine rings is 1. The molecule has 2 unspecified atom stereocenters. The minimum Gasteiger partial charge on any atom is -0.342 e. The molecule has 0 spiro atoms. The van der Waals surface area contributed by atoms with Crippen molar-refractivity contribution in [2.24, 2.45) is 24.8 Å². The molecule has 1 amide bonds. The minimum atomic E-state index is 0.398. The van der Waals surface area contributed by atoms with E-state index in [2.05, 4.69) is 19.4 Å². The smallest absolute Gasteiger partial charge is 0.222 e.